The number of nitrogens with zero attached hydrogens (tertiary/aromatic N) is 3. The molecule has 0 saturated heterocycles. The lowest BCUT2D eigenvalue weighted by Crippen LogP contribution is -2.01. The summed E-state index contributed by atoms with van der Waals surface area (Å²) in [4.78, 5) is 4.56. The monoisotopic (exact) mass is 398 g/mol. The first kappa shape index (κ1) is 17.6. The van der Waals surface area contributed by atoms with E-state index >= 15 is 0 Å². The van der Waals surface area contributed by atoms with Gasteiger partial charge in [0.25, 0.3) is 0 Å². The molecule has 0 aliphatic rings. The van der Waals surface area contributed by atoms with Gasteiger partial charge in [-0.3, -0.25) is 0 Å². The van der Waals surface area contributed by atoms with Crippen molar-refractivity contribution in [2.24, 2.45) is 5.10 Å². The van der Waals surface area contributed by atoms with E-state index in [-0.39, 0.29) is 0 Å². The highest BCUT2D eigenvalue weighted by Crippen LogP contribution is 2.34. The quantitative estimate of drug-likeness (QED) is 0.327. The van der Waals surface area contributed by atoms with Gasteiger partial charge in [0.1, 0.15) is 11.5 Å². The number of imidazole rings is 1. The van der Waals surface area contributed by atoms with E-state index in [1.807, 2.05) is 48.5 Å². The SMILES string of the molecule is CCn1c(N/N=C\c2ccc(-c3cccc(Cl)c3Cl)o2)nc2ccccc21. The molecule has 2 aromatic carbocycles. The largest absolute Gasteiger partial charge is 0.455 e. The number of furan rings is 1. The topological polar surface area (TPSA) is 55.4 Å². The molecule has 0 atom stereocenters. The Bertz CT molecular complexity index is 1130. The van der Waals surface area contributed by atoms with Crippen LogP contribution in [0, 0.1) is 0 Å². The number of hydrogen-bond donors (Lipinski definition) is 1. The minimum absolute atomic E-state index is 0.465. The number of hydrazone groups is 1. The Kier molecular flexibility index (Phi) is 4.88. The van der Waals surface area contributed by atoms with Crippen molar-refractivity contribution < 1.29 is 4.42 Å². The lowest BCUT2D eigenvalue weighted by atomic mass is 10.2. The van der Waals surface area contributed by atoms with Crippen molar-refractivity contribution in [3.05, 3.63) is 70.4 Å². The second-order valence-corrected chi connectivity index (χ2v) is 6.63. The third-order valence-electron chi connectivity index (χ3n) is 4.17. The average Bonchev–Trinajstić information content (AvgIpc) is 3.28. The molecule has 136 valence electrons. The molecule has 4 rings (SSSR count). The average molecular weight is 399 g/mol. The highest BCUT2D eigenvalue weighted by Gasteiger charge is 2.11. The number of anilines is 1. The molecule has 2 aromatic heterocycles. The van der Waals surface area contributed by atoms with Crippen molar-refractivity contribution in [1.82, 2.24) is 9.55 Å². The third-order valence-corrected chi connectivity index (χ3v) is 4.99. The van der Waals surface area contributed by atoms with Gasteiger partial charge in [-0.05, 0) is 43.3 Å². The summed E-state index contributed by atoms with van der Waals surface area (Å²) < 4.78 is 7.86. The molecule has 0 spiro atoms. The molecule has 2 heterocycles. The van der Waals surface area contributed by atoms with Crippen molar-refractivity contribution in [2.75, 3.05) is 5.43 Å². The zero-order chi connectivity index (χ0) is 18.8. The molecule has 5 nitrogen and oxygen atoms in total. The van der Waals surface area contributed by atoms with E-state index in [4.69, 9.17) is 27.6 Å². The van der Waals surface area contributed by atoms with Gasteiger partial charge in [0.15, 0.2) is 0 Å². The van der Waals surface area contributed by atoms with E-state index in [1.165, 1.54) is 0 Å². The van der Waals surface area contributed by atoms with Crippen LogP contribution in [0.2, 0.25) is 10.0 Å². The number of aromatic nitrogens is 2. The molecule has 0 fully saturated rings. The maximum Gasteiger partial charge on any atom is 0.224 e. The Morgan fingerprint density at radius 3 is 2.81 bits per heavy atom. The Morgan fingerprint density at radius 2 is 1.96 bits per heavy atom. The van der Waals surface area contributed by atoms with E-state index in [9.17, 15) is 0 Å². The van der Waals surface area contributed by atoms with Crippen molar-refractivity contribution in [3.8, 4) is 11.3 Å². The van der Waals surface area contributed by atoms with Gasteiger partial charge in [0.2, 0.25) is 5.95 Å². The lowest BCUT2D eigenvalue weighted by Gasteiger charge is -2.04. The van der Waals surface area contributed by atoms with Crippen molar-refractivity contribution >= 4 is 46.4 Å². The van der Waals surface area contributed by atoms with Crippen LogP contribution >= 0.6 is 23.2 Å². The second-order valence-electron chi connectivity index (χ2n) is 5.84. The summed E-state index contributed by atoms with van der Waals surface area (Å²) in [6.45, 7) is 2.85. The standard InChI is InChI=1S/C20H16Cl2N4O/c1-2-26-17-9-4-3-8-16(17)24-20(26)25-23-12-13-10-11-18(27-13)14-6-5-7-15(21)19(14)22/h3-12H,2H2,1H3,(H,24,25)/b23-12-. The van der Waals surface area contributed by atoms with Gasteiger partial charge in [-0.15, -0.1) is 0 Å². The maximum atomic E-state index is 6.24. The van der Waals surface area contributed by atoms with E-state index < -0.39 is 0 Å². The van der Waals surface area contributed by atoms with Gasteiger partial charge in [-0.25, -0.2) is 10.4 Å². The van der Waals surface area contributed by atoms with Crippen LogP contribution in [0.15, 0.2) is 64.1 Å². The van der Waals surface area contributed by atoms with Crippen LogP contribution in [0.1, 0.15) is 12.7 Å². The van der Waals surface area contributed by atoms with Gasteiger partial charge < -0.3 is 8.98 Å². The third kappa shape index (κ3) is 3.44. The first-order chi connectivity index (χ1) is 13.2. The molecular formula is C20H16Cl2N4O. The summed E-state index contributed by atoms with van der Waals surface area (Å²) in [5.41, 5.74) is 5.71. The molecule has 0 aliphatic carbocycles. The zero-order valence-electron chi connectivity index (χ0n) is 14.5. The fourth-order valence-electron chi connectivity index (χ4n) is 2.90. The highest BCUT2D eigenvalue weighted by atomic mass is 35.5. The molecule has 0 radical (unpaired) electrons. The molecule has 7 heteroatoms. The van der Waals surface area contributed by atoms with Gasteiger partial charge >= 0.3 is 0 Å². The molecule has 0 bridgehead atoms. The Hall–Kier alpha value is -2.76. The number of aryl methyl sites for hydroxylation is 1. The summed E-state index contributed by atoms with van der Waals surface area (Å²) in [5, 5.41) is 5.20. The summed E-state index contributed by atoms with van der Waals surface area (Å²) in [6.07, 6.45) is 1.60. The van der Waals surface area contributed by atoms with Crippen molar-refractivity contribution in [2.45, 2.75) is 13.5 Å². The van der Waals surface area contributed by atoms with Crippen LogP contribution in [0.3, 0.4) is 0 Å². The van der Waals surface area contributed by atoms with Crippen LogP contribution in [0.25, 0.3) is 22.4 Å². The van der Waals surface area contributed by atoms with Gasteiger partial charge in [-0.2, -0.15) is 5.10 Å². The van der Waals surface area contributed by atoms with Crippen LogP contribution in [0.4, 0.5) is 5.95 Å². The summed E-state index contributed by atoms with van der Waals surface area (Å²) in [6, 6.07) is 17.1. The minimum atomic E-state index is 0.465. The first-order valence-electron chi connectivity index (χ1n) is 8.46. The fourth-order valence-corrected chi connectivity index (χ4v) is 3.29. The zero-order valence-corrected chi connectivity index (χ0v) is 16.0. The van der Waals surface area contributed by atoms with Crippen LogP contribution in [-0.4, -0.2) is 15.8 Å². The predicted molar refractivity (Wildman–Crippen MR) is 111 cm³/mol. The molecule has 0 aliphatic heterocycles. The van der Waals surface area contributed by atoms with Crippen LogP contribution in [-0.2, 0) is 6.54 Å². The Balaban J connectivity index is 1.55. The maximum absolute atomic E-state index is 6.24. The molecule has 0 saturated carbocycles. The van der Waals surface area contributed by atoms with Crippen LogP contribution < -0.4 is 5.43 Å². The molecule has 27 heavy (non-hydrogen) atoms. The predicted octanol–water partition coefficient (Wildman–Crippen LogP) is 6.07. The highest BCUT2D eigenvalue weighted by molar-refractivity contribution is 6.43. The smallest absolute Gasteiger partial charge is 0.224 e. The molecular weight excluding hydrogens is 383 g/mol. The fraction of sp³-hybridized carbons (Fsp3) is 0.100. The summed E-state index contributed by atoms with van der Waals surface area (Å²) in [5.74, 6) is 1.90. The Labute approximate surface area is 166 Å². The second kappa shape index (κ2) is 7.47. The molecule has 0 unspecified atom stereocenters. The normalized spacial score (nSPS) is 11.5. The van der Waals surface area contributed by atoms with E-state index in [2.05, 4.69) is 27.0 Å². The first-order valence-corrected chi connectivity index (χ1v) is 9.21. The summed E-state index contributed by atoms with van der Waals surface area (Å²) >= 11 is 12.3. The number of rotatable bonds is 5. The number of halogens is 2. The molecule has 1 N–H and O–H groups in total. The van der Waals surface area contributed by atoms with Gasteiger partial charge in [0, 0.05) is 12.1 Å². The summed E-state index contributed by atoms with van der Waals surface area (Å²) in [7, 11) is 0. The molecule has 4 aromatic rings. The van der Waals surface area contributed by atoms with E-state index in [1.54, 1.807) is 12.3 Å². The Morgan fingerprint density at radius 1 is 1.11 bits per heavy atom. The van der Waals surface area contributed by atoms with Crippen LogP contribution in [0.5, 0.6) is 0 Å². The number of para-hydroxylation sites is 2. The minimum Gasteiger partial charge on any atom is -0.455 e. The number of fused-ring (bicyclic) bond motifs is 1. The number of benzene rings is 2. The van der Waals surface area contributed by atoms with Gasteiger partial charge in [0.05, 0.1) is 27.3 Å². The van der Waals surface area contributed by atoms with Gasteiger partial charge in [-0.1, -0.05) is 41.4 Å². The number of hydrogen-bond acceptors (Lipinski definition) is 4. The number of nitrogens with one attached hydrogen (secondary N) is 1. The van der Waals surface area contributed by atoms with E-state index in [0.717, 1.165) is 23.1 Å². The van der Waals surface area contributed by atoms with E-state index in [0.29, 0.717) is 27.5 Å². The van der Waals surface area contributed by atoms with Crippen molar-refractivity contribution in [3.63, 3.8) is 0 Å². The lowest BCUT2D eigenvalue weighted by molar-refractivity contribution is 0.575. The van der Waals surface area contributed by atoms with Crippen molar-refractivity contribution in [1.29, 1.82) is 0 Å². The molecule has 0 amide bonds.